The van der Waals surface area contributed by atoms with Crippen LogP contribution in [-0.2, 0) is 0 Å². The van der Waals surface area contributed by atoms with Gasteiger partial charge in [0.2, 0.25) is 5.88 Å². The quantitative estimate of drug-likeness (QED) is 0.784. The molecule has 0 spiro atoms. The second-order valence-corrected chi connectivity index (χ2v) is 2.91. The molecule has 82 valence electrons. The van der Waals surface area contributed by atoms with Crippen LogP contribution in [0.3, 0.4) is 0 Å². The molecule has 0 aromatic carbocycles. The zero-order chi connectivity index (χ0) is 11.5. The van der Waals surface area contributed by atoms with Crippen LogP contribution in [0.25, 0.3) is 11.5 Å². The van der Waals surface area contributed by atoms with Crippen LogP contribution in [-0.4, -0.2) is 38.4 Å². The number of aromatic amines is 1. The number of rotatable bonds is 3. The van der Waals surface area contributed by atoms with Gasteiger partial charge in [-0.1, -0.05) is 0 Å². The first-order chi connectivity index (χ1) is 7.70. The van der Waals surface area contributed by atoms with E-state index in [1.807, 2.05) is 0 Å². The summed E-state index contributed by atoms with van der Waals surface area (Å²) in [6, 6.07) is 3.25. The third-order valence-electron chi connectivity index (χ3n) is 1.90. The fourth-order valence-corrected chi connectivity index (χ4v) is 1.12. The number of carbonyl (C=O) groups is 1. The number of ether oxygens (including phenoxy) is 1. The van der Waals surface area contributed by atoms with Crippen molar-refractivity contribution < 1.29 is 14.6 Å². The smallest absolute Gasteiger partial charge is 0.353 e. The normalized spacial score (nSPS) is 10.1. The van der Waals surface area contributed by atoms with Gasteiger partial charge in [0, 0.05) is 6.07 Å². The maximum absolute atomic E-state index is 10.6. The van der Waals surface area contributed by atoms with Crippen LogP contribution < -0.4 is 4.74 Å². The number of carboxylic acid groups (broad SMARTS) is 1. The van der Waals surface area contributed by atoms with Crippen molar-refractivity contribution in [1.82, 2.24) is 20.2 Å². The molecule has 0 aliphatic carbocycles. The summed E-state index contributed by atoms with van der Waals surface area (Å²) in [5, 5.41) is 16.3. The van der Waals surface area contributed by atoms with Crippen molar-refractivity contribution in [3.05, 3.63) is 24.0 Å². The molecule has 0 atom stereocenters. The fraction of sp³-hybridized carbons (Fsp3) is 0.111. The summed E-state index contributed by atoms with van der Waals surface area (Å²) in [5.41, 5.74) is 0.459. The van der Waals surface area contributed by atoms with Gasteiger partial charge >= 0.3 is 5.97 Å². The summed E-state index contributed by atoms with van der Waals surface area (Å²) in [4.78, 5) is 17.1. The van der Waals surface area contributed by atoms with Crippen molar-refractivity contribution in [3.63, 3.8) is 0 Å². The van der Waals surface area contributed by atoms with E-state index in [2.05, 4.69) is 20.2 Å². The van der Waals surface area contributed by atoms with E-state index >= 15 is 0 Å². The monoisotopic (exact) mass is 220 g/mol. The van der Waals surface area contributed by atoms with Gasteiger partial charge in [0.15, 0.2) is 5.82 Å². The van der Waals surface area contributed by atoms with E-state index in [0.717, 1.165) is 0 Å². The van der Waals surface area contributed by atoms with Crippen molar-refractivity contribution in [2.75, 3.05) is 7.11 Å². The van der Waals surface area contributed by atoms with Crippen molar-refractivity contribution in [1.29, 1.82) is 0 Å². The lowest BCUT2D eigenvalue weighted by molar-refractivity contribution is 0.0691. The van der Waals surface area contributed by atoms with E-state index in [1.54, 1.807) is 12.1 Å². The zero-order valence-corrected chi connectivity index (χ0v) is 8.34. The largest absolute Gasteiger partial charge is 0.480 e. The highest BCUT2D eigenvalue weighted by molar-refractivity contribution is 5.85. The Kier molecular flexibility index (Phi) is 2.50. The van der Waals surface area contributed by atoms with Gasteiger partial charge in [-0.15, -0.1) is 10.2 Å². The fourth-order valence-electron chi connectivity index (χ4n) is 1.12. The Labute approximate surface area is 90.1 Å². The number of methoxy groups -OCH3 is 1. The van der Waals surface area contributed by atoms with E-state index in [0.29, 0.717) is 17.4 Å². The van der Waals surface area contributed by atoms with Gasteiger partial charge in [-0.3, -0.25) is 0 Å². The van der Waals surface area contributed by atoms with Gasteiger partial charge in [-0.25, -0.2) is 9.78 Å². The first-order valence-corrected chi connectivity index (χ1v) is 4.37. The second-order valence-electron chi connectivity index (χ2n) is 2.91. The molecule has 2 aromatic rings. The van der Waals surface area contributed by atoms with E-state index in [-0.39, 0.29) is 5.69 Å². The Morgan fingerprint density at radius 1 is 1.44 bits per heavy atom. The lowest BCUT2D eigenvalue weighted by Gasteiger charge is -1.97. The van der Waals surface area contributed by atoms with Crippen LogP contribution in [0.1, 0.15) is 10.5 Å². The molecule has 7 nitrogen and oxygen atoms in total. The molecule has 0 aliphatic rings. The molecule has 0 saturated carbocycles. The van der Waals surface area contributed by atoms with E-state index < -0.39 is 5.97 Å². The van der Waals surface area contributed by atoms with Crippen molar-refractivity contribution in [2.45, 2.75) is 0 Å². The lowest BCUT2D eigenvalue weighted by atomic mass is 10.4. The highest BCUT2D eigenvalue weighted by Gasteiger charge is 2.10. The third-order valence-corrected chi connectivity index (χ3v) is 1.90. The van der Waals surface area contributed by atoms with Crippen LogP contribution in [0.5, 0.6) is 5.88 Å². The van der Waals surface area contributed by atoms with Gasteiger partial charge in [0.05, 0.1) is 13.3 Å². The predicted octanol–water partition coefficient (Wildman–Crippen LogP) is 0.573. The first-order valence-electron chi connectivity index (χ1n) is 4.37. The Morgan fingerprint density at radius 2 is 2.25 bits per heavy atom. The molecule has 2 N–H and O–H groups in total. The van der Waals surface area contributed by atoms with E-state index in [4.69, 9.17) is 9.84 Å². The van der Waals surface area contributed by atoms with Crippen molar-refractivity contribution >= 4 is 5.97 Å². The van der Waals surface area contributed by atoms with Gasteiger partial charge in [0.1, 0.15) is 11.4 Å². The molecular formula is C9H8N4O3. The minimum Gasteiger partial charge on any atom is -0.480 e. The third kappa shape index (κ3) is 1.83. The molecule has 2 aromatic heterocycles. The number of H-pyrrole nitrogens is 1. The van der Waals surface area contributed by atoms with Crippen LogP contribution in [0, 0.1) is 0 Å². The Balaban J connectivity index is 2.31. The van der Waals surface area contributed by atoms with Gasteiger partial charge in [-0.05, 0) is 6.07 Å². The number of hydrogen-bond donors (Lipinski definition) is 2. The van der Waals surface area contributed by atoms with Crippen molar-refractivity contribution in [3.8, 4) is 17.4 Å². The number of hydrogen-bond acceptors (Lipinski definition) is 5. The number of imidazole rings is 1. The Morgan fingerprint density at radius 3 is 2.75 bits per heavy atom. The standard InChI is InChI=1S/C9H8N4O3/c1-16-7-3-2-5(12-13-7)8-10-4-6(11-8)9(14)15/h2-4H,1H3,(H,10,11)(H,14,15). The Bertz CT molecular complexity index is 506. The average Bonchev–Trinajstić information content (AvgIpc) is 2.78. The van der Waals surface area contributed by atoms with E-state index in [1.165, 1.54) is 13.3 Å². The average molecular weight is 220 g/mol. The molecular weight excluding hydrogens is 212 g/mol. The van der Waals surface area contributed by atoms with Crippen LogP contribution in [0.4, 0.5) is 0 Å². The van der Waals surface area contributed by atoms with Gasteiger partial charge in [0.25, 0.3) is 0 Å². The summed E-state index contributed by atoms with van der Waals surface area (Å²) in [6.07, 6.45) is 1.23. The highest BCUT2D eigenvalue weighted by atomic mass is 16.5. The highest BCUT2D eigenvalue weighted by Crippen LogP contribution is 2.14. The molecule has 0 saturated heterocycles. The van der Waals surface area contributed by atoms with Crippen molar-refractivity contribution in [2.24, 2.45) is 0 Å². The van der Waals surface area contributed by atoms with Crippen LogP contribution in [0.2, 0.25) is 0 Å². The molecule has 0 bridgehead atoms. The maximum atomic E-state index is 10.6. The molecule has 0 amide bonds. The second kappa shape index (κ2) is 3.97. The maximum Gasteiger partial charge on any atom is 0.353 e. The minimum absolute atomic E-state index is 0.00705. The number of aromatic carboxylic acids is 1. The van der Waals surface area contributed by atoms with Crippen LogP contribution in [0.15, 0.2) is 18.3 Å². The first kappa shape index (κ1) is 10.1. The van der Waals surface area contributed by atoms with Gasteiger partial charge in [-0.2, -0.15) is 0 Å². The molecule has 16 heavy (non-hydrogen) atoms. The Hall–Kier alpha value is -2.44. The molecule has 7 heteroatoms. The molecule has 0 fully saturated rings. The minimum atomic E-state index is -1.07. The summed E-state index contributed by atoms with van der Waals surface area (Å²) < 4.78 is 4.85. The molecule has 0 radical (unpaired) electrons. The van der Waals surface area contributed by atoms with E-state index in [9.17, 15) is 4.79 Å². The zero-order valence-electron chi connectivity index (χ0n) is 8.34. The number of nitrogens with zero attached hydrogens (tertiary/aromatic N) is 3. The van der Waals surface area contributed by atoms with Gasteiger partial charge < -0.3 is 14.8 Å². The summed E-state index contributed by atoms with van der Waals surface area (Å²) in [5.74, 6) is -0.332. The predicted molar refractivity (Wildman–Crippen MR) is 53.1 cm³/mol. The summed E-state index contributed by atoms with van der Waals surface area (Å²) in [6.45, 7) is 0. The topological polar surface area (TPSA) is 101 Å². The molecule has 0 aliphatic heterocycles. The molecule has 2 heterocycles. The summed E-state index contributed by atoms with van der Waals surface area (Å²) >= 11 is 0. The summed E-state index contributed by atoms with van der Waals surface area (Å²) in [7, 11) is 1.49. The number of carboxylic acids is 1. The molecule has 2 rings (SSSR count). The lowest BCUT2D eigenvalue weighted by Crippen LogP contribution is -1.96. The number of aromatic nitrogens is 4. The van der Waals surface area contributed by atoms with Crippen LogP contribution >= 0.6 is 0 Å². The molecule has 0 unspecified atom stereocenters. The number of nitrogens with one attached hydrogen (secondary N) is 1. The SMILES string of the molecule is COc1ccc(-c2ncc(C(=O)O)[nH]2)nn1.